The van der Waals surface area contributed by atoms with E-state index in [4.69, 9.17) is 4.98 Å². The van der Waals surface area contributed by atoms with Crippen molar-refractivity contribution in [2.75, 3.05) is 6.54 Å². The summed E-state index contributed by atoms with van der Waals surface area (Å²) < 4.78 is 43.3. The minimum atomic E-state index is -3.95. The van der Waals surface area contributed by atoms with Gasteiger partial charge in [0.1, 0.15) is 12.0 Å². The molecule has 0 aliphatic heterocycles. The molecular weight excluding hydrogens is 469 g/mol. The SMILES string of the molecule is CCNC(=O)Cc1cnn(S(=O)(=O)c2ccc3c(c2)nc(C(C)(C)C)n3CC2CCC(F)CC2)c1. The van der Waals surface area contributed by atoms with E-state index >= 15 is 0 Å². The Kier molecular flexibility index (Phi) is 7.04. The van der Waals surface area contributed by atoms with Crippen LogP contribution in [0.25, 0.3) is 11.0 Å². The molecule has 8 nitrogen and oxygen atoms in total. The Morgan fingerprint density at radius 1 is 1.20 bits per heavy atom. The lowest BCUT2D eigenvalue weighted by atomic mass is 9.87. The van der Waals surface area contributed by atoms with Gasteiger partial charge in [-0.3, -0.25) is 4.79 Å². The highest BCUT2D eigenvalue weighted by molar-refractivity contribution is 7.89. The second-order valence-corrected chi connectivity index (χ2v) is 12.2. The fourth-order valence-electron chi connectivity index (χ4n) is 4.71. The Hall–Kier alpha value is -2.75. The largest absolute Gasteiger partial charge is 0.356 e. The average Bonchev–Trinajstić information content (AvgIpc) is 3.40. The topological polar surface area (TPSA) is 98.9 Å². The predicted octanol–water partition coefficient (Wildman–Crippen LogP) is 3.97. The summed E-state index contributed by atoms with van der Waals surface area (Å²) in [6.07, 6.45) is 4.99. The van der Waals surface area contributed by atoms with Gasteiger partial charge < -0.3 is 9.88 Å². The van der Waals surface area contributed by atoms with Gasteiger partial charge in [0.15, 0.2) is 0 Å². The van der Waals surface area contributed by atoms with Gasteiger partial charge in [-0.15, -0.1) is 0 Å². The van der Waals surface area contributed by atoms with Gasteiger partial charge in [0.2, 0.25) is 5.91 Å². The standard InChI is InChI=1S/C25H34FN5O3S/c1-5-27-23(32)12-18-14-28-31(16-18)35(33,34)20-10-11-22-21(13-20)29-24(25(2,3)4)30(22)15-17-6-8-19(26)9-7-17/h10-11,13-14,16-17,19H,5-9,12,15H2,1-4H3,(H,27,32). The number of rotatable bonds is 7. The highest BCUT2D eigenvalue weighted by atomic mass is 32.2. The van der Waals surface area contributed by atoms with Crippen LogP contribution in [0.2, 0.25) is 0 Å². The van der Waals surface area contributed by atoms with E-state index < -0.39 is 16.2 Å². The van der Waals surface area contributed by atoms with Crippen molar-refractivity contribution in [2.24, 2.45) is 5.92 Å². The molecule has 0 saturated heterocycles. The first-order valence-electron chi connectivity index (χ1n) is 12.2. The van der Waals surface area contributed by atoms with Crippen molar-refractivity contribution in [3.8, 4) is 0 Å². The van der Waals surface area contributed by atoms with Crippen molar-refractivity contribution in [3.05, 3.63) is 42.0 Å². The van der Waals surface area contributed by atoms with Crippen molar-refractivity contribution in [1.82, 2.24) is 24.1 Å². The molecule has 0 radical (unpaired) electrons. The quantitative estimate of drug-likeness (QED) is 0.526. The van der Waals surface area contributed by atoms with Gasteiger partial charge in [-0.1, -0.05) is 20.8 Å². The molecule has 2 aromatic heterocycles. The molecule has 190 valence electrons. The van der Waals surface area contributed by atoms with Gasteiger partial charge in [0.25, 0.3) is 10.0 Å². The summed E-state index contributed by atoms with van der Waals surface area (Å²) in [5.41, 5.74) is 1.74. The third kappa shape index (κ3) is 5.42. The first-order chi connectivity index (χ1) is 16.5. The van der Waals surface area contributed by atoms with Gasteiger partial charge in [-0.2, -0.15) is 17.6 Å². The number of hydrogen-bond donors (Lipinski definition) is 1. The van der Waals surface area contributed by atoms with Crippen molar-refractivity contribution in [1.29, 1.82) is 0 Å². The van der Waals surface area contributed by atoms with E-state index in [2.05, 4.69) is 35.8 Å². The van der Waals surface area contributed by atoms with Crippen LogP contribution < -0.4 is 5.32 Å². The van der Waals surface area contributed by atoms with Gasteiger partial charge in [-0.25, -0.2) is 9.37 Å². The van der Waals surface area contributed by atoms with Crippen LogP contribution in [0.5, 0.6) is 0 Å². The molecule has 1 amide bonds. The molecule has 0 atom stereocenters. The molecule has 2 heterocycles. The number of hydrogen-bond acceptors (Lipinski definition) is 5. The molecule has 1 aromatic carbocycles. The zero-order chi connectivity index (χ0) is 25.4. The molecule has 1 aliphatic carbocycles. The summed E-state index contributed by atoms with van der Waals surface area (Å²) in [5.74, 6) is 1.06. The molecule has 0 bridgehead atoms. The molecule has 1 fully saturated rings. The third-order valence-electron chi connectivity index (χ3n) is 6.50. The van der Waals surface area contributed by atoms with E-state index in [1.54, 1.807) is 18.2 Å². The Balaban J connectivity index is 1.66. The average molecular weight is 504 g/mol. The summed E-state index contributed by atoms with van der Waals surface area (Å²) in [5, 5.41) is 6.69. The van der Waals surface area contributed by atoms with E-state index in [0.29, 0.717) is 36.4 Å². The number of alkyl halides is 1. The Bertz CT molecular complexity index is 1310. The number of carbonyl (C=O) groups is 1. The number of nitrogens with one attached hydrogen (secondary N) is 1. The number of amides is 1. The Morgan fingerprint density at radius 2 is 1.91 bits per heavy atom. The number of fused-ring (bicyclic) bond motifs is 1. The molecule has 1 aliphatic rings. The summed E-state index contributed by atoms with van der Waals surface area (Å²) in [6.45, 7) is 9.32. The highest BCUT2D eigenvalue weighted by Gasteiger charge is 2.28. The monoisotopic (exact) mass is 503 g/mol. The minimum Gasteiger partial charge on any atom is -0.356 e. The molecule has 35 heavy (non-hydrogen) atoms. The zero-order valence-corrected chi connectivity index (χ0v) is 21.6. The van der Waals surface area contributed by atoms with Crippen molar-refractivity contribution < 1.29 is 17.6 Å². The summed E-state index contributed by atoms with van der Waals surface area (Å²) >= 11 is 0. The van der Waals surface area contributed by atoms with E-state index in [1.165, 1.54) is 12.4 Å². The van der Waals surface area contributed by atoms with Gasteiger partial charge >= 0.3 is 0 Å². The third-order valence-corrected chi connectivity index (χ3v) is 8.05. The van der Waals surface area contributed by atoms with E-state index in [-0.39, 0.29) is 22.6 Å². The molecule has 1 saturated carbocycles. The molecule has 3 aromatic rings. The van der Waals surface area contributed by atoms with Crippen LogP contribution in [-0.2, 0) is 33.2 Å². The molecule has 0 unspecified atom stereocenters. The maximum Gasteiger partial charge on any atom is 0.283 e. The number of imidazole rings is 1. The van der Waals surface area contributed by atoms with Crippen molar-refractivity contribution in [3.63, 3.8) is 0 Å². The molecule has 4 rings (SSSR count). The lowest BCUT2D eigenvalue weighted by Crippen LogP contribution is -2.24. The van der Waals surface area contributed by atoms with Gasteiger partial charge in [0, 0.05) is 30.3 Å². The smallest absolute Gasteiger partial charge is 0.283 e. The second kappa shape index (κ2) is 9.72. The summed E-state index contributed by atoms with van der Waals surface area (Å²) in [7, 11) is -3.95. The molecular formula is C25H34FN5O3S. The zero-order valence-electron chi connectivity index (χ0n) is 20.8. The van der Waals surface area contributed by atoms with Crippen molar-refractivity contribution >= 4 is 27.0 Å². The fraction of sp³-hybridized carbons (Fsp3) is 0.560. The fourth-order valence-corrected chi connectivity index (χ4v) is 5.87. The second-order valence-electron chi connectivity index (χ2n) is 10.4. The van der Waals surface area contributed by atoms with Crippen LogP contribution >= 0.6 is 0 Å². The summed E-state index contributed by atoms with van der Waals surface area (Å²) in [6, 6.07) is 4.95. The van der Waals surface area contributed by atoms with Crippen LogP contribution in [-0.4, -0.2) is 45.8 Å². The first-order valence-corrected chi connectivity index (χ1v) is 13.6. The number of likely N-dealkylation sites (N-methyl/N-ethyl adjacent to an activating group) is 1. The van der Waals surface area contributed by atoms with Crippen LogP contribution in [0.4, 0.5) is 4.39 Å². The maximum atomic E-state index is 13.6. The Morgan fingerprint density at radius 3 is 2.57 bits per heavy atom. The van der Waals surface area contributed by atoms with E-state index in [0.717, 1.165) is 34.8 Å². The first kappa shape index (κ1) is 25.3. The van der Waals surface area contributed by atoms with Crippen LogP contribution in [0, 0.1) is 5.92 Å². The number of aromatic nitrogens is 4. The number of benzene rings is 1. The number of halogens is 1. The normalized spacial score (nSPS) is 19.2. The van der Waals surface area contributed by atoms with Crippen LogP contribution in [0.1, 0.15) is 64.8 Å². The predicted molar refractivity (Wildman–Crippen MR) is 132 cm³/mol. The highest BCUT2D eigenvalue weighted by Crippen LogP contribution is 2.33. The van der Waals surface area contributed by atoms with E-state index in [9.17, 15) is 17.6 Å². The minimum absolute atomic E-state index is 0.0616. The van der Waals surface area contributed by atoms with Crippen molar-refractivity contribution in [2.45, 2.75) is 82.8 Å². The van der Waals surface area contributed by atoms with Crippen LogP contribution in [0.15, 0.2) is 35.5 Å². The van der Waals surface area contributed by atoms with Gasteiger partial charge in [0.05, 0.1) is 28.5 Å². The van der Waals surface area contributed by atoms with Crippen LogP contribution in [0.3, 0.4) is 0 Å². The maximum absolute atomic E-state index is 13.6. The molecule has 10 heteroatoms. The Labute approximate surface area is 206 Å². The molecule has 1 N–H and O–H groups in total. The van der Waals surface area contributed by atoms with Gasteiger partial charge in [-0.05, 0) is 56.7 Å². The van der Waals surface area contributed by atoms with E-state index in [1.807, 2.05) is 6.92 Å². The lowest BCUT2D eigenvalue weighted by Gasteiger charge is -2.27. The summed E-state index contributed by atoms with van der Waals surface area (Å²) in [4.78, 5) is 16.8. The molecule has 0 spiro atoms. The number of nitrogens with zero attached hydrogens (tertiary/aromatic N) is 4. The lowest BCUT2D eigenvalue weighted by molar-refractivity contribution is -0.120. The number of carbonyl (C=O) groups excluding carboxylic acids is 1.